The number of likely N-dealkylation sites (N-methyl/N-ethyl adjacent to an activating group) is 1. The van der Waals surface area contributed by atoms with E-state index >= 15 is 0 Å². The lowest BCUT2D eigenvalue weighted by atomic mass is 9.95. The van der Waals surface area contributed by atoms with E-state index in [4.69, 9.17) is 0 Å². The first-order chi connectivity index (χ1) is 11.6. The minimum atomic E-state index is -0.505. The first kappa shape index (κ1) is 18.7. The Bertz CT molecular complexity index is 876. The van der Waals surface area contributed by atoms with Gasteiger partial charge in [-0.2, -0.15) is 0 Å². The van der Waals surface area contributed by atoms with Gasteiger partial charge in [0, 0.05) is 28.6 Å². The number of nitrogens with one attached hydrogen (secondary N) is 3. The van der Waals surface area contributed by atoms with Crippen molar-refractivity contribution in [3.8, 4) is 0 Å². The molecule has 1 heterocycles. The maximum Gasteiger partial charge on any atom is 0.252 e. The average molecular weight is 343 g/mol. The number of amides is 2. The molecule has 0 aliphatic carbocycles. The fourth-order valence-electron chi connectivity index (χ4n) is 2.53. The second kappa shape index (κ2) is 7.09. The Kier molecular flexibility index (Phi) is 5.30. The fourth-order valence-corrected chi connectivity index (χ4v) is 2.53. The number of rotatable bonds is 4. The van der Waals surface area contributed by atoms with E-state index in [0.29, 0.717) is 23.3 Å². The van der Waals surface area contributed by atoms with Crippen LogP contribution >= 0.6 is 0 Å². The maximum atomic E-state index is 12.4. The number of carbonyl (C=O) groups is 2. The molecule has 0 unspecified atom stereocenters. The first-order valence-corrected chi connectivity index (χ1v) is 8.37. The second-order valence-corrected chi connectivity index (χ2v) is 7.15. The van der Waals surface area contributed by atoms with Gasteiger partial charge in [0.05, 0.1) is 11.9 Å². The number of aryl methyl sites for hydroxylation is 1. The van der Waals surface area contributed by atoms with Gasteiger partial charge >= 0.3 is 0 Å². The fraction of sp³-hybridized carbons (Fsp3) is 0.421. The maximum absolute atomic E-state index is 12.4. The van der Waals surface area contributed by atoms with Crippen molar-refractivity contribution >= 4 is 28.4 Å². The molecule has 0 saturated heterocycles. The van der Waals surface area contributed by atoms with Crippen LogP contribution in [0.15, 0.2) is 23.0 Å². The molecular weight excluding hydrogens is 318 g/mol. The van der Waals surface area contributed by atoms with Crippen molar-refractivity contribution in [2.24, 2.45) is 5.41 Å². The Morgan fingerprint density at radius 2 is 1.88 bits per heavy atom. The smallest absolute Gasteiger partial charge is 0.252 e. The zero-order chi connectivity index (χ0) is 18.8. The number of H-pyrrole nitrogens is 1. The molecule has 1 aromatic carbocycles. The first-order valence-electron chi connectivity index (χ1n) is 8.37. The van der Waals surface area contributed by atoms with Crippen molar-refractivity contribution in [1.29, 1.82) is 0 Å². The Balaban J connectivity index is 2.40. The SMILES string of the molecule is CCNC(=O)Cc1c(C)c2ccc(NC(=O)C(C)(C)C)cc2[nH]c1=O. The third-order valence-corrected chi connectivity index (χ3v) is 4.05. The van der Waals surface area contributed by atoms with Crippen LogP contribution in [0.25, 0.3) is 10.9 Å². The summed E-state index contributed by atoms with van der Waals surface area (Å²) >= 11 is 0. The van der Waals surface area contributed by atoms with Crippen molar-refractivity contribution in [3.05, 3.63) is 39.7 Å². The molecule has 1 aromatic heterocycles. The molecule has 3 N–H and O–H groups in total. The van der Waals surface area contributed by atoms with Gasteiger partial charge in [0.25, 0.3) is 5.56 Å². The molecule has 134 valence electrons. The van der Waals surface area contributed by atoms with Crippen LogP contribution < -0.4 is 16.2 Å². The van der Waals surface area contributed by atoms with Crippen molar-refractivity contribution in [2.45, 2.75) is 41.0 Å². The summed E-state index contributed by atoms with van der Waals surface area (Å²) in [6.07, 6.45) is 0.0491. The lowest BCUT2D eigenvalue weighted by molar-refractivity contribution is -0.123. The molecule has 0 bridgehead atoms. The van der Waals surface area contributed by atoms with Crippen LogP contribution in [0.5, 0.6) is 0 Å². The third-order valence-electron chi connectivity index (χ3n) is 4.05. The summed E-state index contributed by atoms with van der Waals surface area (Å²) in [6, 6.07) is 5.39. The lowest BCUT2D eigenvalue weighted by Gasteiger charge is -2.18. The zero-order valence-corrected chi connectivity index (χ0v) is 15.4. The summed E-state index contributed by atoms with van der Waals surface area (Å²) in [5.74, 6) is -0.275. The molecule has 2 aromatic rings. The van der Waals surface area contributed by atoms with Crippen LogP contribution in [0, 0.1) is 12.3 Å². The molecule has 0 atom stereocenters. The van der Waals surface area contributed by atoms with E-state index < -0.39 is 5.41 Å². The molecule has 0 spiro atoms. The quantitative estimate of drug-likeness (QED) is 0.796. The van der Waals surface area contributed by atoms with Crippen molar-refractivity contribution in [1.82, 2.24) is 10.3 Å². The number of anilines is 1. The number of pyridine rings is 1. The molecule has 0 aliphatic rings. The Morgan fingerprint density at radius 3 is 2.48 bits per heavy atom. The van der Waals surface area contributed by atoms with E-state index in [9.17, 15) is 14.4 Å². The van der Waals surface area contributed by atoms with E-state index in [1.165, 1.54) is 0 Å². The van der Waals surface area contributed by atoms with E-state index in [1.807, 2.05) is 40.7 Å². The van der Waals surface area contributed by atoms with Gasteiger partial charge in [-0.05, 0) is 31.5 Å². The number of aromatic nitrogens is 1. The summed E-state index contributed by atoms with van der Waals surface area (Å²) in [5, 5.41) is 6.41. The molecule has 2 rings (SSSR count). The highest BCUT2D eigenvalue weighted by atomic mass is 16.2. The summed E-state index contributed by atoms with van der Waals surface area (Å²) < 4.78 is 0. The Hall–Kier alpha value is -2.63. The summed E-state index contributed by atoms with van der Waals surface area (Å²) in [4.78, 5) is 39.1. The minimum absolute atomic E-state index is 0.0491. The topological polar surface area (TPSA) is 91.1 Å². The van der Waals surface area contributed by atoms with E-state index in [0.717, 1.165) is 10.9 Å². The van der Waals surface area contributed by atoms with Crippen LogP contribution in [0.1, 0.15) is 38.8 Å². The minimum Gasteiger partial charge on any atom is -0.356 e. The zero-order valence-electron chi connectivity index (χ0n) is 15.4. The number of hydrogen-bond acceptors (Lipinski definition) is 3. The Morgan fingerprint density at radius 1 is 1.20 bits per heavy atom. The predicted molar refractivity (Wildman–Crippen MR) is 99.8 cm³/mol. The standard InChI is InChI=1S/C19H25N3O3/c1-6-20-16(23)10-14-11(2)13-8-7-12(9-15(13)22-17(14)24)21-18(25)19(3,4)5/h7-9H,6,10H2,1-5H3,(H,20,23)(H,21,25)(H,22,24). The van der Waals surface area contributed by atoms with Crippen LogP contribution in [-0.4, -0.2) is 23.3 Å². The molecule has 0 aliphatic heterocycles. The molecule has 2 amide bonds. The molecule has 6 heteroatoms. The number of fused-ring (bicyclic) bond motifs is 1. The molecular formula is C19H25N3O3. The molecule has 0 radical (unpaired) electrons. The van der Waals surface area contributed by atoms with Crippen LogP contribution in [-0.2, 0) is 16.0 Å². The normalized spacial score (nSPS) is 11.4. The molecule has 6 nitrogen and oxygen atoms in total. The van der Waals surface area contributed by atoms with Gasteiger partial charge in [0.2, 0.25) is 11.8 Å². The second-order valence-electron chi connectivity index (χ2n) is 7.15. The van der Waals surface area contributed by atoms with Gasteiger partial charge < -0.3 is 15.6 Å². The molecule has 25 heavy (non-hydrogen) atoms. The van der Waals surface area contributed by atoms with E-state index in [1.54, 1.807) is 12.1 Å². The summed E-state index contributed by atoms with van der Waals surface area (Å²) in [5.41, 5.74) is 1.71. The largest absolute Gasteiger partial charge is 0.356 e. The average Bonchev–Trinajstić information content (AvgIpc) is 2.50. The summed E-state index contributed by atoms with van der Waals surface area (Å²) in [6.45, 7) is 9.71. The number of hydrogen-bond donors (Lipinski definition) is 3. The van der Waals surface area contributed by atoms with Crippen molar-refractivity contribution in [2.75, 3.05) is 11.9 Å². The van der Waals surface area contributed by atoms with Crippen LogP contribution in [0.4, 0.5) is 5.69 Å². The molecule has 0 saturated carbocycles. The van der Waals surface area contributed by atoms with Gasteiger partial charge in [-0.3, -0.25) is 14.4 Å². The van der Waals surface area contributed by atoms with Gasteiger partial charge in [0.1, 0.15) is 0 Å². The van der Waals surface area contributed by atoms with E-state index in [2.05, 4.69) is 15.6 Å². The lowest BCUT2D eigenvalue weighted by Crippen LogP contribution is -2.28. The predicted octanol–water partition coefficient (Wildman–Crippen LogP) is 2.50. The van der Waals surface area contributed by atoms with E-state index in [-0.39, 0.29) is 23.8 Å². The summed E-state index contributed by atoms with van der Waals surface area (Å²) in [7, 11) is 0. The van der Waals surface area contributed by atoms with Gasteiger partial charge in [-0.15, -0.1) is 0 Å². The van der Waals surface area contributed by atoms with Gasteiger partial charge in [-0.1, -0.05) is 26.8 Å². The van der Waals surface area contributed by atoms with Gasteiger partial charge in [0.15, 0.2) is 0 Å². The number of carbonyl (C=O) groups excluding carboxylic acids is 2. The highest BCUT2D eigenvalue weighted by molar-refractivity contribution is 5.97. The van der Waals surface area contributed by atoms with Crippen molar-refractivity contribution < 1.29 is 9.59 Å². The monoisotopic (exact) mass is 343 g/mol. The Labute approximate surface area is 147 Å². The third kappa shape index (κ3) is 4.26. The van der Waals surface area contributed by atoms with Crippen molar-refractivity contribution in [3.63, 3.8) is 0 Å². The highest BCUT2D eigenvalue weighted by Gasteiger charge is 2.21. The highest BCUT2D eigenvalue weighted by Crippen LogP contribution is 2.23. The number of benzene rings is 1. The van der Waals surface area contributed by atoms with Crippen LogP contribution in [0.2, 0.25) is 0 Å². The van der Waals surface area contributed by atoms with Gasteiger partial charge in [-0.25, -0.2) is 0 Å². The van der Waals surface area contributed by atoms with Crippen LogP contribution in [0.3, 0.4) is 0 Å². The molecule has 0 fully saturated rings. The number of aromatic amines is 1.